The van der Waals surface area contributed by atoms with E-state index in [9.17, 15) is 0 Å². The molecule has 2 heterocycles. The number of hydrogen-bond donors (Lipinski definition) is 1. The monoisotopic (exact) mass is 281 g/mol. The van der Waals surface area contributed by atoms with Gasteiger partial charge in [0.15, 0.2) is 0 Å². The summed E-state index contributed by atoms with van der Waals surface area (Å²) in [6.07, 6.45) is 12.6. The standard InChI is InChI=1S/C17H35N3/c1-4-12-19(13-5-1)16-8-3-10-18-11-9-17-20-14-6-2-7-15-20/h18H,1-17H2. The second-order valence-corrected chi connectivity index (χ2v) is 6.62. The maximum Gasteiger partial charge on any atom is -0.000664 e. The zero-order valence-electron chi connectivity index (χ0n) is 13.4. The van der Waals surface area contributed by atoms with Crippen LogP contribution in [0.15, 0.2) is 0 Å². The summed E-state index contributed by atoms with van der Waals surface area (Å²) in [5.41, 5.74) is 0. The highest BCUT2D eigenvalue weighted by Gasteiger charge is 2.09. The highest BCUT2D eigenvalue weighted by Crippen LogP contribution is 2.09. The summed E-state index contributed by atoms with van der Waals surface area (Å²) in [4.78, 5) is 5.29. The van der Waals surface area contributed by atoms with Crippen LogP contribution in [0.4, 0.5) is 0 Å². The third-order valence-electron chi connectivity index (χ3n) is 4.80. The molecule has 0 aromatic heterocycles. The molecule has 2 rings (SSSR count). The number of likely N-dealkylation sites (tertiary alicyclic amines) is 2. The van der Waals surface area contributed by atoms with Crippen molar-refractivity contribution in [3.63, 3.8) is 0 Å². The summed E-state index contributed by atoms with van der Waals surface area (Å²) < 4.78 is 0. The maximum atomic E-state index is 3.62. The third-order valence-corrected chi connectivity index (χ3v) is 4.80. The van der Waals surface area contributed by atoms with Crippen LogP contribution >= 0.6 is 0 Å². The normalized spacial score (nSPS) is 22.2. The summed E-state index contributed by atoms with van der Waals surface area (Å²) >= 11 is 0. The van der Waals surface area contributed by atoms with Gasteiger partial charge in [-0.25, -0.2) is 0 Å². The van der Waals surface area contributed by atoms with E-state index in [4.69, 9.17) is 0 Å². The van der Waals surface area contributed by atoms with Gasteiger partial charge in [0.1, 0.15) is 0 Å². The number of unbranched alkanes of at least 4 members (excludes halogenated alkanes) is 1. The van der Waals surface area contributed by atoms with Crippen molar-refractivity contribution in [1.29, 1.82) is 0 Å². The molecule has 3 heteroatoms. The predicted octanol–water partition coefficient (Wildman–Crippen LogP) is 2.72. The molecule has 3 nitrogen and oxygen atoms in total. The summed E-state index contributed by atoms with van der Waals surface area (Å²) in [6, 6.07) is 0. The van der Waals surface area contributed by atoms with Gasteiger partial charge in [-0.05, 0) is 97.3 Å². The Bertz CT molecular complexity index is 196. The minimum Gasteiger partial charge on any atom is -0.317 e. The number of hydrogen-bond acceptors (Lipinski definition) is 3. The van der Waals surface area contributed by atoms with E-state index in [0.29, 0.717) is 0 Å². The van der Waals surface area contributed by atoms with Gasteiger partial charge in [0.25, 0.3) is 0 Å². The summed E-state index contributed by atoms with van der Waals surface area (Å²) in [6.45, 7) is 10.4. The average Bonchev–Trinajstić information content (AvgIpc) is 2.52. The molecule has 0 aromatic rings. The first-order chi connectivity index (χ1) is 9.95. The molecule has 0 radical (unpaired) electrons. The van der Waals surface area contributed by atoms with Gasteiger partial charge in [0.05, 0.1) is 0 Å². The molecule has 2 saturated heterocycles. The van der Waals surface area contributed by atoms with Gasteiger partial charge < -0.3 is 15.1 Å². The molecular formula is C17H35N3. The van der Waals surface area contributed by atoms with E-state index in [1.807, 2.05) is 0 Å². The van der Waals surface area contributed by atoms with Gasteiger partial charge in [-0.3, -0.25) is 0 Å². The van der Waals surface area contributed by atoms with Crippen LogP contribution in [-0.4, -0.2) is 62.2 Å². The van der Waals surface area contributed by atoms with Crippen LogP contribution in [0.1, 0.15) is 57.8 Å². The Morgan fingerprint density at radius 2 is 1.05 bits per heavy atom. The summed E-state index contributed by atoms with van der Waals surface area (Å²) in [5, 5.41) is 3.62. The van der Waals surface area contributed by atoms with Gasteiger partial charge in [-0.15, -0.1) is 0 Å². The van der Waals surface area contributed by atoms with Crippen LogP contribution in [0.2, 0.25) is 0 Å². The molecule has 0 bridgehead atoms. The lowest BCUT2D eigenvalue weighted by molar-refractivity contribution is 0.222. The summed E-state index contributed by atoms with van der Waals surface area (Å²) in [5.74, 6) is 0. The molecule has 0 atom stereocenters. The van der Waals surface area contributed by atoms with Crippen molar-refractivity contribution in [2.24, 2.45) is 0 Å². The second-order valence-electron chi connectivity index (χ2n) is 6.62. The summed E-state index contributed by atoms with van der Waals surface area (Å²) in [7, 11) is 0. The number of nitrogens with one attached hydrogen (secondary N) is 1. The first-order valence-electron chi connectivity index (χ1n) is 9.10. The van der Waals surface area contributed by atoms with Crippen molar-refractivity contribution in [2.45, 2.75) is 57.8 Å². The molecule has 1 N–H and O–H groups in total. The SMILES string of the molecule is C1CCN(CCCCNCCCN2CCCCC2)CC1. The van der Waals surface area contributed by atoms with Crippen molar-refractivity contribution in [2.75, 3.05) is 52.4 Å². The van der Waals surface area contributed by atoms with E-state index in [2.05, 4.69) is 15.1 Å². The van der Waals surface area contributed by atoms with E-state index in [1.54, 1.807) is 0 Å². The Kier molecular flexibility index (Phi) is 8.60. The smallest absolute Gasteiger partial charge is 0.000664 e. The van der Waals surface area contributed by atoms with E-state index < -0.39 is 0 Å². The molecular weight excluding hydrogens is 246 g/mol. The molecule has 0 aromatic carbocycles. The number of rotatable bonds is 9. The van der Waals surface area contributed by atoms with Crippen LogP contribution in [0, 0.1) is 0 Å². The maximum absolute atomic E-state index is 3.62. The van der Waals surface area contributed by atoms with Crippen molar-refractivity contribution in [3.05, 3.63) is 0 Å². The van der Waals surface area contributed by atoms with Crippen molar-refractivity contribution in [3.8, 4) is 0 Å². The molecule has 2 aliphatic rings. The lowest BCUT2D eigenvalue weighted by Crippen LogP contribution is -2.32. The van der Waals surface area contributed by atoms with Gasteiger partial charge >= 0.3 is 0 Å². The first kappa shape index (κ1) is 16.3. The highest BCUT2D eigenvalue weighted by molar-refractivity contribution is 4.66. The molecule has 118 valence electrons. The largest absolute Gasteiger partial charge is 0.317 e. The van der Waals surface area contributed by atoms with Crippen molar-refractivity contribution in [1.82, 2.24) is 15.1 Å². The second kappa shape index (κ2) is 10.6. The quantitative estimate of drug-likeness (QED) is 0.656. The Balaban J connectivity index is 1.33. The van der Waals surface area contributed by atoms with Gasteiger partial charge in [0, 0.05) is 0 Å². The molecule has 2 aliphatic heterocycles. The minimum atomic E-state index is 1.21. The van der Waals surface area contributed by atoms with Crippen molar-refractivity contribution < 1.29 is 0 Å². The first-order valence-corrected chi connectivity index (χ1v) is 9.10. The van der Waals surface area contributed by atoms with E-state index in [0.717, 1.165) is 0 Å². The molecule has 0 unspecified atom stereocenters. The zero-order chi connectivity index (χ0) is 13.9. The van der Waals surface area contributed by atoms with Crippen LogP contribution in [0.25, 0.3) is 0 Å². The van der Waals surface area contributed by atoms with E-state index >= 15 is 0 Å². The van der Waals surface area contributed by atoms with Gasteiger partial charge in [-0.1, -0.05) is 12.8 Å². The predicted molar refractivity (Wildman–Crippen MR) is 87.3 cm³/mol. The zero-order valence-corrected chi connectivity index (χ0v) is 13.4. The molecule has 0 spiro atoms. The topological polar surface area (TPSA) is 18.5 Å². The number of piperidine rings is 2. The third kappa shape index (κ3) is 7.05. The van der Waals surface area contributed by atoms with Gasteiger partial charge in [0.2, 0.25) is 0 Å². The van der Waals surface area contributed by atoms with E-state index in [1.165, 1.54) is 110 Å². The lowest BCUT2D eigenvalue weighted by Gasteiger charge is -2.26. The molecule has 0 saturated carbocycles. The highest BCUT2D eigenvalue weighted by atomic mass is 15.1. The lowest BCUT2D eigenvalue weighted by atomic mass is 10.1. The fourth-order valence-corrected chi connectivity index (χ4v) is 3.50. The fraction of sp³-hybridized carbons (Fsp3) is 1.00. The average molecular weight is 281 g/mol. The molecule has 0 amide bonds. The Hall–Kier alpha value is -0.120. The molecule has 2 fully saturated rings. The molecule has 0 aliphatic carbocycles. The van der Waals surface area contributed by atoms with Crippen LogP contribution in [-0.2, 0) is 0 Å². The van der Waals surface area contributed by atoms with Crippen molar-refractivity contribution >= 4 is 0 Å². The van der Waals surface area contributed by atoms with Crippen LogP contribution < -0.4 is 5.32 Å². The van der Waals surface area contributed by atoms with Crippen LogP contribution in [0.3, 0.4) is 0 Å². The molecule has 20 heavy (non-hydrogen) atoms. The Labute approximate surface area is 126 Å². The van der Waals surface area contributed by atoms with Gasteiger partial charge in [-0.2, -0.15) is 0 Å². The minimum absolute atomic E-state index is 1.21. The van der Waals surface area contributed by atoms with E-state index in [-0.39, 0.29) is 0 Å². The number of nitrogens with zero attached hydrogens (tertiary/aromatic N) is 2. The Morgan fingerprint density at radius 3 is 1.65 bits per heavy atom. The van der Waals surface area contributed by atoms with Crippen LogP contribution in [0.5, 0.6) is 0 Å². The fourth-order valence-electron chi connectivity index (χ4n) is 3.50. The Morgan fingerprint density at radius 1 is 0.550 bits per heavy atom.